The molecule has 168 valence electrons. The van der Waals surface area contributed by atoms with Crippen LogP contribution in [0.1, 0.15) is 18.4 Å². The van der Waals surface area contributed by atoms with E-state index in [0.717, 1.165) is 31.0 Å². The molecule has 1 aliphatic carbocycles. The number of methoxy groups -OCH3 is 1. The van der Waals surface area contributed by atoms with Gasteiger partial charge in [0.15, 0.2) is 0 Å². The zero-order valence-electron chi connectivity index (χ0n) is 18.5. The molecular formula is C27H31ClN2O2. The van der Waals surface area contributed by atoms with Crippen LogP contribution in [0.2, 0.25) is 0 Å². The van der Waals surface area contributed by atoms with E-state index in [9.17, 15) is 0 Å². The molecular weight excluding hydrogens is 420 g/mol. The molecule has 1 saturated heterocycles. The highest BCUT2D eigenvalue weighted by molar-refractivity contribution is 5.85. The summed E-state index contributed by atoms with van der Waals surface area (Å²) in [6.07, 6.45) is 14.2. The molecule has 0 amide bonds. The minimum Gasteiger partial charge on any atom is -0.497 e. The van der Waals surface area contributed by atoms with E-state index in [1.807, 2.05) is 12.3 Å². The Kier molecular flexibility index (Phi) is 7.23. The van der Waals surface area contributed by atoms with E-state index >= 15 is 0 Å². The van der Waals surface area contributed by atoms with Gasteiger partial charge in [0.05, 0.1) is 25.1 Å². The van der Waals surface area contributed by atoms with Gasteiger partial charge in [0.1, 0.15) is 11.5 Å². The molecule has 32 heavy (non-hydrogen) atoms. The first-order chi connectivity index (χ1) is 15.3. The fourth-order valence-electron chi connectivity index (χ4n) is 4.91. The van der Waals surface area contributed by atoms with E-state index in [-0.39, 0.29) is 18.4 Å². The molecule has 0 saturated carbocycles. The number of hydrogen-bond donors (Lipinski definition) is 0. The molecule has 2 aromatic carbocycles. The lowest BCUT2D eigenvalue weighted by Gasteiger charge is -2.37. The average Bonchev–Trinajstić information content (AvgIpc) is 3.21. The van der Waals surface area contributed by atoms with Crippen LogP contribution in [-0.2, 0) is 6.42 Å². The number of para-hydroxylation sites is 2. The molecule has 3 aliphatic rings. The Morgan fingerprint density at radius 2 is 1.91 bits per heavy atom. The number of rotatable bonds is 6. The molecule has 0 aromatic heterocycles. The Labute approximate surface area is 197 Å². The molecule has 1 fully saturated rings. The molecule has 2 aromatic rings. The van der Waals surface area contributed by atoms with Gasteiger partial charge in [-0.1, -0.05) is 48.6 Å². The maximum atomic E-state index is 6.05. The van der Waals surface area contributed by atoms with E-state index < -0.39 is 0 Å². The maximum Gasteiger partial charge on any atom is 0.149 e. The number of anilines is 1. The second kappa shape index (κ2) is 10.3. The lowest BCUT2D eigenvalue weighted by molar-refractivity contribution is 0.257. The van der Waals surface area contributed by atoms with Gasteiger partial charge >= 0.3 is 0 Å². The van der Waals surface area contributed by atoms with Crippen LogP contribution in [-0.4, -0.2) is 43.7 Å². The zero-order chi connectivity index (χ0) is 21.0. The van der Waals surface area contributed by atoms with E-state index in [1.54, 1.807) is 7.11 Å². The van der Waals surface area contributed by atoms with Crippen molar-refractivity contribution >= 4 is 18.1 Å². The molecule has 5 rings (SSSR count). The van der Waals surface area contributed by atoms with Crippen molar-refractivity contribution in [2.75, 3.05) is 31.6 Å². The summed E-state index contributed by atoms with van der Waals surface area (Å²) in [6.45, 7) is 3.27. The number of fused-ring (bicyclic) bond motifs is 2. The second-order valence-electron chi connectivity index (χ2n) is 8.47. The van der Waals surface area contributed by atoms with Crippen molar-refractivity contribution < 1.29 is 9.47 Å². The normalized spacial score (nSPS) is 21.7. The minimum atomic E-state index is 0. The van der Waals surface area contributed by atoms with Crippen LogP contribution in [0.5, 0.6) is 11.5 Å². The smallest absolute Gasteiger partial charge is 0.149 e. The third kappa shape index (κ3) is 4.72. The molecule has 0 N–H and O–H groups in total. The molecule has 0 bridgehead atoms. The lowest BCUT2D eigenvalue weighted by Crippen LogP contribution is -2.45. The molecule has 0 spiro atoms. The van der Waals surface area contributed by atoms with E-state index in [1.165, 1.54) is 36.2 Å². The highest BCUT2D eigenvalue weighted by Crippen LogP contribution is 2.37. The Bertz CT molecular complexity index is 999. The first-order valence-corrected chi connectivity index (χ1v) is 11.3. The minimum absolute atomic E-state index is 0. The number of ether oxygens (including phenoxy) is 2. The van der Waals surface area contributed by atoms with Crippen LogP contribution in [0, 0.1) is 0 Å². The van der Waals surface area contributed by atoms with Crippen molar-refractivity contribution in [2.24, 2.45) is 0 Å². The van der Waals surface area contributed by atoms with Crippen molar-refractivity contribution in [1.82, 2.24) is 4.90 Å². The van der Waals surface area contributed by atoms with E-state index in [4.69, 9.17) is 9.47 Å². The van der Waals surface area contributed by atoms with Gasteiger partial charge in [0.2, 0.25) is 0 Å². The third-order valence-corrected chi connectivity index (χ3v) is 6.62. The van der Waals surface area contributed by atoms with Crippen molar-refractivity contribution in [2.45, 2.75) is 31.3 Å². The number of allylic oxidation sites excluding steroid dienone is 2. The summed E-state index contributed by atoms with van der Waals surface area (Å²) in [7, 11) is 1.72. The fourth-order valence-corrected chi connectivity index (χ4v) is 4.91. The van der Waals surface area contributed by atoms with Crippen LogP contribution in [0.3, 0.4) is 0 Å². The number of hydrogen-bond acceptors (Lipinski definition) is 4. The number of benzene rings is 2. The Hall–Kier alpha value is -2.69. The highest BCUT2D eigenvalue weighted by Gasteiger charge is 2.32. The third-order valence-electron chi connectivity index (χ3n) is 6.62. The maximum absolute atomic E-state index is 6.05. The molecule has 4 nitrogen and oxygen atoms in total. The summed E-state index contributed by atoms with van der Waals surface area (Å²) in [6, 6.07) is 17.7. The fraction of sp³-hybridized carbons (Fsp3) is 0.333. The van der Waals surface area contributed by atoms with Gasteiger partial charge in [0.25, 0.3) is 0 Å². The second-order valence-corrected chi connectivity index (χ2v) is 8.47. The van der Waals surface area contributed by atoms with Crippen LogP contribution in [0.15, 0.2) is 84.7 Å². The number of halogens is 1. The topological polar surface area (TPSA) is 24.9 Å². The zero-order valence-corrected chi connectivity index (χ0v) is 19.3. The van der Waals surface area contributed by atoms with Crippen molar-refractivity contribution in [3.63, 3.8) is 0 Å². The summed E-state index contributed by atoms with van der Waals surface area (Å²) in [4.78, 5) is 5.20. The van der Waals surface area contributed by atoms with Gasteiger partial charge in [-0.2, -0.15) is 0 Å². The van der Waals surface area contributed by atoms with E-state index in [2.05, 4.69) is 76.6 Å². The standard InChI is InChI=1S/C27H30N2O2.ClH/c1-30-24-14-12-21(13-15-24)16-18-28-17-6-8-23(28)19-29-25-9-3-2-7-22(25)20-31-27-11-5-4-10-26(27)29;/h2-5,7,9-15,20,23,25H,6,8,16-19H2,1H3;1H/t23-,25?;/m1./s1. The summed E-state index contributed by atoms with van der Waals surface area (Å²) in [5.74, 6) is 1.86. The summed E-state index contributed by atoms with van der Waals surface area (Å²) in [5.41, 5.74) is 3.76. The summed E-state index contributed by atoms with van der Waals surface area (Å²) < 4.78 is 11.3. The first kappa shape index (κ1) is 22.5. The average molecular weight is 451 g/mol. The summed E-state index contributed by atoms with van der Waals surface area (Å²) >= 11 is 0. The lowest BCUT2D eigenvalue weighted by atomic mass is 10.00. The van der Waals surface area contributed by atoms with Gasteiger partial charge in [-0.05, 0) is 55.6 Å². The van der Waals surface area contributed by atoms with Crippen molar-refractivity contribution in [3.05, 3.63) is 90.2 Å². The number of likely N-dealkylation sites (tertiary alicyclic amines) is 1. The Morgan fingerprint density at radius 1 is 1.06 bits per heavy atom. The molecule has 1 unspecified atom stereocenters. The number of nitrogens with zero attached hydrogens (tertiary/aromatic N) is 2. The van der Waals surface area contributed by atoms with Gasteiger partial charge in [-0.15, -0.1) is 12.4 Å². The van der Waals surface area contributed by atoms with Gasteiger partial charge in [0, 0.05) is 24.7 Å². The molecule has 5 heteroatoms. The van der Waals surface area contributed by atoms with Crippen molar-refractivity contribution in [3.8, 4) is 11.5 Å². The van der Waals surface area contributed by atoms with Gasteiger partial charge < -0.3 is 14.4 Å². The Balaban J connectivity index is 0.00000245. The molecule has 2 atom stereocenters. The monoisotopic (exact) mass is 450 g/mol. The first-order valence-electron chi connectivity index (χ1n) is 11.3. The van der Waals surface area contributed by atoms with Crippen molar-refractivity contribution in [1.29, 1.82) is 0 Å². The Morgan fingerprint density at radius 3 is 2.75 bits per heavy atom. The summed E-state index contributed by atoms with van der Waals surface area (Å²) in [5, 5.41) is 0. The largest absolute Gasteiger partial charge is 0.497 e. The van der Waals surface area contributed by atoms with Crippen LogP contribution in [0.4, 0.5) is 5.69 Å². The predicted molar refractivity (Wildman–Crippen MR) is 133 cm³/mol. The quantitative estimate of drug-likeness (QED) is 0.588. The van der Waals surface area contributed by atoms with E-state index in [0.29, 0.717) is 6.04 Å². The van der Waals surface area contributed by atoms with Crippen LogP contribution in [0.25, 0.3) is 0 Å². The molecule has 2 aliphatic heterocycles. The molecule has 2 heterocycles. The van der Waals surface area contributed by atoms with Crippen LogP contribution < -0.4 is 14.4 Å². The van der Waals surface area contributed by atoms with Gasteiger partial charge in [-0.25, -0.2) is 0 Å². The predicted octanol–water partition coefficient (Wildman–Crippen LogP) is 5.40. The SMILES string of the molecule is COc1ccc(CCN2CCC[C@@H]2CN2c3ccccc3OC=C3C=CC=CC32)cc1.Cl. The van der Waals surface area contributed by atoms with Crippen LogP contribution >= 0.6 is 12.4 Å². The molecule has 0 radical (unpaired) electrons. The highest BCUT2D eigenvalue weighted by atomic mass is 35.5. The van der Waals surface area contributed by atoms with Gasteiger partial charge in [-0.3, -0.25) is 4.90 Å².